The standard InChI is InChI=1S/C24H23N7O.H2/c1-14-6-7-16(11-18(14)22-27-13-17-5-3-10-30(17)29-22)28-23(32)20-12-19-15(2)21(19)31(20)24-25-8-4-9-26-24;/h3-11,13,15,19-21H,12H2,1-2H3,(H,28,32);1H/t15?,19?,20-,21?;/m1./s1. The predicted molar refractivity (Wildman–Crippen MR) is 123 cm³/mol. The summed E-state index contributed by atoms with van der Waals surface area (Å²) in [6, 6.07) is 11.6. The van der Waals surface area contributed by atoms with E-state index in [1.807, 2.05) is 43.5 Å². The highest BCUT2D eigenvalue weighted by Crippen LogP contribution is 2.54. The third-order valence-electron chi connectivity index (χ3n) is 6.78. The summed E-state index contributed by atoms with van der Waals surface area (Å²) in [5, 5.41) is 7.72. The number of nitrogens with zero attached hydrogens (tertiary/aromatic N) is 6. The second kappa shape index (κ2) is 7.12. The van der Waals surface area contributed by atoms with Crippen molar-refractivity contribution < 1.29 is 6.22 Å². The number of aromatic nitrogens is 5. The number of hydrogen-bond acceptors (Lipinski definition) is 6. The van der Waals surface area contributed by atoms with Gasteiger partial charge in [0, 0.05) is 37.3 Å². The molecule has 4 atom stereocenters. The molecule has 8 heteroatoms. The second-order valence-corrected chi connectivity index (χ2v) is 8.70. The number of carbonyl (C=O) groups is 1. The van der Waals surface area contributed by atoms with Crippen LogP contribution in [-0.4, -0.2) is 42.6 Å². The van der Waals surface area contributed by atoms with Crippen LogP contribution in [0.2, 0.25) is 0 Å². The van der Waals surface area contributed by atoms with Gasteiger partial charge in [0.1, 0.15) is 6.04 Å². The quantitative estimate of drug-likeness (QED) is 0.535. The molecule has 1 aliphatic carbocycles. The van der Waals surface area contributed by atoms with Gasteiger partial charge in [0.25, 0.3) is 0 Å². The molecule has 3 aromatic heterocycles. The highest BCUT2D eigenvalue weighted by Gasteiger charge is 2.60. The Labute approximate surface area is 186 Å². The zero-order valence-electron chi connectivity index (χ0n) is 17.9. The van der Waals surface area contributed by atoms with E-state index in [-0.39, 0.29) is 13.4 Å². The molecule has 4 aromatic rings. The lowest BCUT2D eigenvalue weighted by molar-refractivity contribution is -0.117. The van der Waals surface area contributed by atoms with E-state index in [0.29, 0.717) is 29.7 Å². The van der Waals surface area contributed by atoms with Crippen LogP contribution in [0.1, 0.15) is 20.3 Å². The summed E-state index contributed by atoms with van der Waals surface area (Å²) in [6.45, 7) is 4.25. The summed E-state index contributed by atoms with van der Waals surface area (Å²) in [6.07, 6.45) is 7.98. The van der Waals surface area contributed by atoms with Crippen molar-refractivity contribution in [2.75, 3.05) is 10.2 Å². The number of piperidine rings is 1. The number of nitrogens with one attached hydrogen (secondary N) is 1. The molecule has 0 spiro atoms. The largest absolute Gasteiger partial charge is 0.325 e. The molecule has 2 aliphatic rings. The molecule has 1 N–H and O–H groups in total. The van der Waals surface area contributed by atoms with Crippen LogP contribution < -0.4 is 10.2 Å². The van der Waals surface area contributed by atoms with E-state index in [9.17, 15) is 4.79 Å². The van der Waals surface area contributed by atoms with Crippen LogP contribution >= 0.6 is 0 Å². The fourth-order valence-electron chi connectivity index (χ4n) is 4.97. The predicted octanol–water partition coefficient (Wildman–Crippen LogP) is 3.59. The summed E-state index contributed by atoms with van der Waals surface area (Å²) in [5.41, 5.74) is 3.61. The smallest absolute Gasteiger partial charge is 0.247 e. The van der Waals surface area contributed by atoms with Crippen molar-refractivity contribution in [3.05, 3.63) is 66.7 Å². The minimum absolute atomic E-state index is 0. The average molecular weight is 428 g/mol. The lowest BCUT2D eigenvalue weighted by atomic mass is 10.1. The molecule has 6 rings (SSSR count). The minimum Gasteiger partial charge on any atom is -0.325 e. The van der Waals surface area contributed by atoms with Crippen LogP contribution in [0, 0.1) is 18.8 Å². The van der Waals surface area contributed by atoms with E-state index in [1.165, 1.54) is 0 Å². The van der Waals surface area contributed by atoms with Gasteiger partial charge < -0.3 is 10.2 Å². The molecule has 0 bridgehead atoms. The second-order valence-electron chi connectivity index (χ2n) is 8.70. The minimum atomic E-state index is -0.277. The fraction of sp³-hybridized carbons (Fsp3) is 0.292. The van der Waals surface area contributed by atoms with Crippen LogP contribution in [0.4, 0.5) is 11.6 Å². The molecular weight excluding hydrogens is 402 g/mol. The van der Waals surface area contributed by atoms with Crippen molar-refractivity contribution in [1.82, 2.24) is 24.6 Å². The number of hydrogen-bond donors (Lipinski definition) is 1. The first-order valence-electron chi connectivity index (χ1n) is 10.9. The normalized spacial score (nSPS) is 23.9. The maximum Gasteiger partial charge on any atom is 0.247 e. The molecule has 1 saturated heterocycles. The van der Waals surface area contributed by atoms with Gasteiger partial charge in [-0.1, -0.05) is 13.0 Å². The van der Waals surface area contributed by atoms with Crippen molar-refractivity contribution in [3.63, 3.8) is 0 Å². The van der Waals surface area contributed by atoms with E-state index in [1.54, 1.807) is 29.2 Å². The van der Waals surface area contributed by atoms with Gasteiger partial charge in [-0.05, 0) is 61.1 Å². The van der Waals surface area contributed by atoms with E-state index < -0.39 is 0 Å². The lowest BCUT2D eigenvalue weighted by Crippen LogP contribution is -2.44. The van der Waals surface area contributed by atoms with E-state index in [2.05, 4.69) is 37.2 Å². The van der Waals surface area contributed by atoms with Crippen molar-refractivity contribution in [2.45, 2.75) is 32.4 Å². The van der Waals surface area contributed by atoms with Gasteiger partial charge >= 0.3 is 0 Å². The van der Waals surface area contributed by atoms with Gasteiger partial charge in [0.2, 0.25) is 11.9 Å². The molecular formula is C24H25N7O. The fourth-order valence-corrected chi connectivity index (χ4v) is 4.97. The molecule has 162 valence electrons. The van der Waals surface area contributed by atoms with Crippen molar-refractivity contribution in [3.8, 4) is 11.4 Å². The van der Waals surface area contributed by atoms with E-state index >= 15 is 0 Å². The summed E-state index contributed by atoms with van der Waals surface area (Å²) < 4.78 is 1.80. The average Bonchev–Trinajstić information content (AvgIpc) is 3.17. The van der Waals surface area contributed by atoms with Gasteiger partial charge in [-0.25, -0.2) is 19.5 Å². The topological polar surface area (TPSA) is 88.3 Å². The lowest BCUT2D eigenvalue weighted by Gasteiger charge is -2.27. The van der Waals surface area contributed by atoms with Crippen LogP contribution in [0.5, 0.6) is 0 Å². The molecule has 8 nitrogen and oxygen atoms in total. The zero-order chi connectivity index (χ0) is 21.8. The molecule has 0 radical (unpaired) electrons. The molecule has 1 aliphatic heterocycles. The van der Waals surface area contributed by atoms with E-state index in [4.69, 9.17) is 0 Å². The van der Waals surface area contributed by atoms with Crippen LogP contribution in [0.25, 0.3) is 16.9 Å². The number of anilines is 2. The number of aryl methyl sites for hydroxylation is 1. The Kier molecular flexibility index (Phi) is 4.21. The Morgan fingerprint density at radius 3 is 2.84 bits per heavy atom. The Morgan fingerprint density at radius 2 is 2.00 bits per heavy atom. The highest BCUT2D eigenvalue weighted by molar-refractivity contribution is 5.98. The van der Waals surface area contributed by atoms with Crippen molar-refractivity contribution in [1.29, 1.82) is 0 Å². The Balaban J connectivity index is 0.00000228. The van der Waals surface area contributed by atoms with Crippen LogP contribution in [0.15, 0.2) is 61.2 Å². The molecule has 1 saturated carbocycles. The zero-order valence-corrected chi connectivity index (χ0v) is 17.9. The summed E-state index contributed by atoms with van der Waals surface area (Å²) in [5.74, 6) is 2.30. The Morgan fingerprint density at radius 1 is 1.16 bits per heavy atom. The van der Waals surface area contributed by atoms with Gasteiger partial charge in [-0.15, -0.1) is 5.10 Å². The Bertz CT molecular complexity index is 1320. The molecule has 2 fully saturated rings. The molecule has 1 amide bonds. The number of fused-ring (bicyclic) bond motifs is 2. The monoisotopic (exact) mass is 427 g/mol. The third-order valence-corrected chi connectivity index (χ3v) is 6.78. The third kappa shape index (κ3) is 3.02. The van der Waals surface area contributed by atoms with Crippen LogP contribution in [-0.2, 0) is 4.79 Å². The summed E-state index contributed by atoms with van der Waals surface area (Å²) in [4.78, 5) is 28.7. The first-order chi connectivity index (χ1) is 15.6. The molecule has 1 aromatic carbocycles. The summed E-state index contributed by atoms with van der Waals surface area (Å²) >= 11 is 0. The molecule has 32 heavy (non-hydrogen) atoms. The Hall–Kier alpha value is -3.81. The van der Waals surface area contributed by atoms with Crippen LogP contribution in [0.3, 0.4) is 0 Å². The SMILES string of the molecule is Cc1ccc(NC(=O)[C@H]2CC3C(C)C3N2c2ncccn2)cc1-c1ncc2cccn2n1.[HH]. The maximum absolute atomic E-state index is 13.3. The van der Waals surface area contributed by atoms with Crippen molar-refractivity contribution >= 4 is 23.1 Å². The van der Waals surface area contributed by atoms with Gasteiger partial charge in [-0.2, -0.15) is 0 Å². The number of rotatable bonds is 4. The van der Waals surface area contributed by atoms with Gasteiger partial charge in [0.05, 0.1) is 11.7 Å². The van der Waals surface area contributed by atoms with Gasteiger partial charge in [0.15, 0.2) is 5.82 Å². The molecule has 3 unspecified atom stereocenters. The first kappa shape index (κ1) is 18.9. The van der Waals surface area contributed by atoms with Crippen molar-refractivity contribution in [2.24, 2.45) is 11.8 Å². The number of carbonyl (C=O) groups excluding carboxylic acids is 1. The summed E-state index contributed by atoms with van der Waals surface area (Å²) in [7, 11) is 0. The first-order valence-corrected chi connectivity index (χ1v) is 10.9. The number of benzene rings is 1. The van der Waals surface area contributed by atoms with E-state index in [0.717, 1.165) is 28.8 Å². The van der Waals surface area contributed by atoms with Gasteiger partial charge in [-0.3, -0.25) is 4.79 Å². The maximum atomic E-state index is 13.3. The highest BCUT2D eigenvalue weighted by atomic mass is 16.2. The molecule has 4 heterocycles. The number of amides is 1.